The summed E-state index contributed by atoms with van der Waals surface area (Å²) in [5, 5.41) is 16.9. The second-order valence-corrected chi connectivity index (χ2v) is 9.26. The molecule has 0 aliphatic carbocycles. The summed E-state index contributed by atoms with van der Waals surface area (Å²) < 4.78 is 26.8. The number of piperidine rings is 1. The maximum atomic E-state index is 12.7. The molecule has 3 rings (SSSR count). The molecule has 1 saturated heterocycles. The van der Waals surface area contributed by atoms with Crippen molar-refractivity contribution in [3.8, 4) is 0 Å². The number of sulfonamides is 1. The van der Waals surface area contributed by atoms with E-state index >= 15 is 0 Å². The summed E-state index contributed by atoms with van der Waals surface area (Å²) in [5.74, 6) is -1.15. The number of non-ortho nitro benzene ring substituents is 1. The number of hydrogen-bond donors (Lipinski definition) is 2. The molecule has 33 heavy (non-hydrogen) atoms. The van der Waals surface area contributed by atoms with Gasteiger partial charge in [0.25, 0.3) is 17.5 Å². The van der Waals surface area contributed by atoms with Gasteiger partial charge in [0.1, 0.15) is 0 Å². The predicted octanol–water partition coefficient (Wildman–Crippen LogP) is 1.65. The Hall–Kier alpha value is -3.64. The van der Waals surface area contributed by atoms with E-state index in [2.05, 4.69) is 15.8 Å². The van der Waals surface area contributed by atoms with E-state index in [-0.39, 0.29) is 22.7 Å². The predicted molar refractivity (Wildman–Crippen MR) is 120 cm³/mol. The highest BCUT2D eigenvalue weighted by Crippen LogP contribution is 2.20. The van der Waals surface area contributed by atoms with Crippen molar-refractivity contribution in [1.29, 1.82) is 0 Å². The Labute approximate surface area is 190 Å². The molecule has 2 amide bonds. The molecular weight excluding hydrogens is 450 g/mol. The van der Waals surface area contributed by atoms with Crippen LogP contribution in [0, 0.1) is 10.1 Å². The molecule has 1 aliphatic heterocycles. The van der Waals surface area contributed by atoms with Crippen molar-refractivity contribution < 1.29 is 22.9 Å². The third-order valence-electron chi connectivity index (χ3n) is 4.96. The fourth-order valence-corrected chi connectivity index (χ4v) is 4.75. The number of hydrogen-bond acceptors (Lipinski definition) is 7. The molecule has 2 aromatic rings. The molecule has 1 fully saturated rings. The molecule has 1 heterocycles. The standard InChI is InChI=1S/C21H23N5O6S/c27-20(24-23-14-16-5-4-6-18(13-16)26(29)30)15-22-21(28)17-7-9-19(10-8-17)33(31,32)25-11-2-1-3-12-25/h4-10,13-14H,1-3,11-12,15H2,(H,22,28)(H,24,27)/b23-14+. The van der Waals surface area contributed by atoms with Gasteiger partial charge in [-0.25, -0.2) is 13.8 Å². The zero-order valence-corrected chi connectivity index (χ0v) is 18.5. The van der Waals surface area contributed by atoms with Crippen molar-refractivity contribution >= 4 is 33.7 Å². The average molecular weight is 474 g/mol. The van der Waals surface area contributed by atoms with Gasteiger partial charge in [0.15, 0.2) is 0 Å². The maximum Gasteiger partial charge on any atom is 0.270 e. The van der Waals surface area contributed by atoms with Crippen LogP contribution in [0.5, 0.6) is 0 Å². The van der Waals surface area contributed by atoms with Gasteiger partial charge in [0, 0.05) is 36.3 Å². The number of carbonyl (C=O) groups excluding carboxylic acids is 2. The Morgan fingerprint density at radius 2 is 1.79 bits per heavy atom. The second-order valence-electron chi connectivity index (χ2n) is 7.32. The number of amides is 2. The Morgan fingerprint density at radius 1 is 1.09 bits per heavy atom. The molecule has 0 atom stereocenters. The van der Waals surface area contributed by atoms with Crippen molar-refractivity contribution in [1.82, 2.24) is 15.0 Å². The lowest BCUT2D eigenvalue weighted by Gasteiger charge is -2.25. The molecule has 0 bridgehead atoms. The number of carbonyl (C=O) groups is 2. The van der Waals surface area contributed by atoms with Gasteiger partial charge in [-0.05, 0) is 37.1 Å². The Kier molecular flexibility index (Phi) is 7.85. The van der Waals surface area contributed by atoms with Crippen LogP contribution in [0.15, 0.2) is 58.5 Å². The van der Waals surface area contributed by atoms with E-state index in [0.29, 0.717) is 18.7 Å². The van der Waals surface area contributed by atoms with E-state index in [1.807, 2.05) is 0 Å². The van der Waals surface area contributed by atoms with Gasteiger partial charge in [0.05, 0.1) is 22.6 Å². The minimum Gasteiger partial charge on any atom is -0.343 e. The van der Waals surface area contributed by atoms with Crippen LogP contribution in [0.1, 0.15) is 35.2 Å². The van der Waals surface area contributed by atoms with Gasteiger partial charge < -0.3 is 5.32 Å². The minimum atomic E-state index is -3.59. The number of nitro groups is 1. The van der Waals surface area contributed by atoms with Crippen molar-refractivity contribution in [2.45, 2.75) is 24.2 Å². The van der Waals surface area contributed by atoms with E-state index in [1.54, 1.807) is 6.07 Å². The van der Waals surface area contributed by atoms with Crippen molar-refractivity contribution in [2.75, 3.05) is 19.6 Å². The van der Waals surface area contributed by atoms with Crippen LogP contribution < -0.4 is 10.7 Å². The first-order valence-corrected chi connectivity index (χ1v) is 11.7. The van der Waals surface area contributed by atoms with Crippen molar-refractivity contribution in [3.05, 3.63) is 69.8 Å². The monoisotopic (exact) mass is 473 g/mol. The zero-order chi connectivity index (χ0) is 23.8. The molecule has 0 radical (unpaired) electrons. The van der Waals surface area contributed by atoms with E-state index in [9.17, 15) is 28.1 Å². The largest absolute Gasteiger partial charge is 0.343 e. The summed E-state index contributed by atoms with van der Waals surface area (Å²) in [7, 11) is -3.59. The highest BCUT2D eigenvalue weighted by Gasteiger charge is 2.25. The Bertz CT molecular complexity index is 1160. The lowest BCUT2D eigenvalue weighted by Crippen LogP contribution is -2.36. The molecule has 0 aromatic heterocycles. The number of nitro benzene ring substituents is 1. The lowest BCUT2D eigenvalue weighted by molar-refractivity contribution is -0.384. The van der Waals surface area contributed by atoms with Crippen LogP contribution in [-0.4, -0.2) is 55.3 Å². The van der Waals surface area contributed by atoms with Gasteiger partial charge in [-0.15, -0.1) is 0 Å². The van der Waals surface area contributed by atoms with Gasteiger partial charge in [0.2, 0.25) is 10.0 Å². The van der Waals surface area contributed by atoms with Crippen LogP contribution in [0.2, 0.25) is 0 Å². The van der Waals surface area contributed by atoms with Crippen LogP contribution in [0.25, 0.3) is 0 Å². The number of benzene rings is 2. The molecule has 2 N–H and O–H groups in total. The number of nitrogens with zero attached hydrogens (tertiary/aromatic N) is 3. The van der Waals surface area contributed by atoms with Crippen LogP contribution >= 0.6 is 0 Å². The number of rotatable bonds is 8. The molecule has 1 aliphatic rings. The van der Waals surface area contributed by atoms with Crippen LogP contribution in [0.4, 0.5) is 5.69 Å². The molecule has 174 valence electrons. The normalized spacial score (nSPS) is 14.7. The van der Waals surface area contributed by atoms with E-state index < -0.39 is 26.8 Å². The first kappa shape index (κ1) is 24.0. The molecule has 0 spiro atoms. The molecule has 2 aromatic carbocycles. The molecule has 0 saturated carbocycles. The van der Waals surface area contributed by atoms with Crippen molar-refractivity contribution in [2.24, 2.45) is 5.10 Å². The van der Waals surface area contributed by atoms with Crippen LogP contribution in [0.3, 0.4) is 0 Å². The van der Waals surface area contributed by atoms with E-state index in [1.165, 1.54) is 53.0 Å². The second kappa shape index (κ2) is 10.8. The van der Waals surface area contributed by atoms with Crippen LogP contribution in [-0.2, 0) is 14.8 Å². The number of hydrazone groups is 1. The summed E-state index contributed by atoms with van der Waals surface area (Å²) in [6.07, 6.45) is 3.92. The van der Waals surface area contributed by atoms with Gasteiger partial charge in [-0.2, -0.15) is 9.41 Å². The topological polar surface area (TPSA) is 151 Å². The summed E-state index contributed by atoms with van der Waals surface area (Å²) in [4.78, 5) is 34.5. The highest BCUT2D eigenvalue weighted by molar-refractivity contribution is 7.89. The Balaban J connectivity index is 1.50. The molecular formula is C21H23N5O6S. The van der Waals surface area contributed by atoms with E-state index in [0.717, 1.165) is 19.3 Å². The molecule has 12 heteroatoms. The molecule has 0 unspecified atom stereocenters. The summed E-state index contributed by atoms with van der Waals surface area (Å²) in [6.45, 7) is 0.617. The third-order valence-corrected chi connectivity index (χ3v) is 6.88. The zero-order valence-electron chi connectivity index (χ0n) is 17.6. The lowest BCUT2D eigenvalue weighted by atomic mass is 10.2. The fourth-order valence-electron chi connectivity index (χ4n) is 3.23. The molecule has 11 nitrogen and oxygen atoms in total. The first-order chi connectivity index (χ1) is 15.8. The quantitative estimate of drug-likeness (QED) is 0.338. The highest BCUT2D eigenvalue weighted by atomic mass is 32.2. The smallest absolute Gasteiger partial charge is 0.270 e. The average Bonchev–Trinajstić information content (AvgIpc) is 2.83. The first-order valence-electron chi connectivity index (χ1n) is 10.2. The Morgan fingerprint density at radius 3 is 2.45 bits per heavy atom. The summed E-state index contributed by atoms with van der Waals surface area (Å²) >= 11 is 0. The van der Waals surface area contributed by atoms with E-state index in [4.69, 9.17) is 0 Å². The fraction of sp³-hybridized carbons (Fsp3) is 0.286. The summed E-state index contributed by atoms with van der Waals surface area (Å²) in [6, 6.07) is 11.2. The minimum absolute atomic E-state index is 0.104. The summed E-state index contributed by atoms with van der Waals surface area (Å²) in [5.41, 5.74) is 2.74. The van der Waals surface area contributed by atoms with Gasteiger partial charge in [-0.1, -0.05) is 18.6 Å². The van der Waals surface area contributed by atoms with Gasteiger partial charge >= 0.3 is 0 Å². The SMILES string of the molecule is O=C(CNC(=O)c1ccc(S(=O)(=O)N2CCCCC2)cc1)N/N=C/c1cccc([N+](=O)[O-])c1. The van der Waals surface area contributed by atoms with Crippen molar-refractivity contribution in [3.63, 3.8) is 0 Å². The number of nitrogens with one attached hydrogen (secondary N) is 2. The van der Waals surface area contributed by atoms with Gasteiger partial charge in [-0.3, -0.25) is 19.7 Å². The third kappa shape index (κ3) is 6.43. The maximum absolute atomic E-state index is 12.7.